The lowest BCUT2D eigenvalue weighted by atomic mass is 10.2. The summed E-state index contributed by atoms with van der Waals surface area (Å²) in [6.45, 7) is 0.368. The van der Waals surface area contributed by atoms with Crippen LogP contribution in [0.4, 0.5) is 17.1 Å². The smallest absolute Gasteiger partial charge is 0.292 e. The third-order valence-electron chi connectivity index (χ3n) is 3.23. The van der Waals surface area contributed by atoms with Gasteiger partial charge in [-0.05, 0) is 12.1 Å². The highest BCUT2D eigenvalue weighted by atomic mass is 35.5. The highest BCUT2D eigenvalue weighted by Gasteiger charge is 2.16. The first-order valence-electron chi connectivity index (χ1n) is 7.09. The van der Waals surface area contributed by atoms with Crippen LogP contribution in [-0.2, 0) is 0 Å². The van der Waals surface area contributed by atoms with E-state index in [1.54, 1.807) is 18.2 Å². The van der Waals surface area contributed by atoms with Gasteiger partial charge in [0.2, 0.25) is 0 Å². The van der Waals surface area contributed by atoms with Crippen molar-refractivity contribution in [2.75, 3.05) is 18.4 Å². The normalized spacial score (nSPS) is 10.1. The van der Waals surface area contributed by atoms with Crippen LogP contribution in [0.25, 0.3) is 0 Å². The quantitative estimate of drug-likeness (QED) is 0.441. The highest BCUT2D eigenvalue weighted by molar-refractivity contribution is 6.33. The minimum Gasteiger partial charge on any atom is -0.378 e. The monoisotopic (exact) mass is 364 g/mol. The van der Waals surface area contributed by atoms with E-state index in [0.29, 0.717) is 5.69 Å². The van der Waals surface area contributed by atoms with Gasteiger partial charge in [0.15, 0.2) is 0 Å². The Labute approximate surface area is 146 Å². The van der Waals surface area contributed by atoms with E-state index < -0.39 is 15.8 Å². The summed E-state index contributed by atoms with van der Waals surface area (Å²) in [7, 11) is 0. The van der Waals surface area contributed by atoms with Gasteiger partial charge in [-0.1, -0.05) is 23.7 Å². The predicted molar refractivity (Wildman–Crippen MR) is 92.0 cm³/mol. The van der Waals surface area contributed by atoms with E-state index in [0.717, 1.165) is 6.07 Å². The van der Waals surface area contributed by atoms with Gasteiger partial charge in [-0.3, -0.25) is 25.0 Å². The summed E-state index contributed by atoms with van der Waals surface area (Å²) in [5, 5.41) is 27.1. The Morgan fingerprint density at radius 1 is 1.04 bits per heavy atom. The number of rotatable bonds is 7. The van der Waals surface area contributed by atoms with E-state index in [-0.39, 0.29) is 35.1 Å². The minimum atomic E-state index is -0.622. The van der Waals surface area contributed by atoms with Crippen molar-refractivity contribution in [3.05, 3.63) is 73.3 Å². The van der Waals surface area contributed by atoms with Crippen molar-refractivity contribution in [3.8, 4) is 0 Å². The molecular weight excluding hydrogens is 352 g/mol. The van der Waals surface area contributed by atoms with Crippen LogP contribution >= 0.6 is 11.6 Å². The average molecular weight is 365 g/mol. The maximum Gasteiger partial charge on any atom is 0.292 e. The van der Waals surface area contributed by atoms with Crippen molar-refractivity contribution in [2.45, 2.75) is 0 Å². The van der Waals surface area contributed by atoms with Gasteiger partial charge in [0.1, 0.15) is 5.69 Å². The molecule has 0 saturated heterocycles. The molecule has 0 aliphatic rings. The van der Waals surface area contributed by atoms with Crippen molar-refractivity contribution in [1.29, 1.82) is 0 Å². The molecule has 2 aromatic carbocycles. The molecule has 2 rings (SSSR count). The lowest BCUT2D eigenvalue weighted by Gasteiger charge is -2.09. The average Bonchev–Trinajstić information content (AvgIpc) is 2.58. The molecule has 10 heteroatoms. The molecule has 0 aliphatic heterocycles. The number of non-ortho nitro benzene ring substituents is 1. The number of nitro groups is 2. The molecule has 1 amide bonds. The molecular formula is C15H13ClN4O5. The number of nitro benzene ring substituents is 2. The van der Waals surface area contributed by atoms with Gasteiger partial charge >= 0.3 is 0 Å². The number of amides is 1. The van der Waals surface area contributed by atoms with E-state index in [2.05, 4.69) is 10.6 Å². The molecule has 0 fully saturated rings. The van der Waals surface area contributed by atoms with Crippen LogP contribution in [0.5, 0.6) is 0 Å². The maximum atomic E-state index is 12.1. The van der Waals surface area contributed by atoms with Gasteiger partial charge in [0, 0.05) is 31.3 Å². The first kappa shape index (κ1) is 18.1. The Morgan fingerprint density at radius 2 is 1.76 bits per heavy atom. The first-order chi connectivity index (χ1) is 11.9. The fourth-order valence-corrected chi connectivity index (χ4v) is 2.25. The summed E-state index contributed by atoms with van der Waals surface area (Å²) in [6.07, 6.45) is 0. The second kappa shape index (κ2) is 8.06. The Hall–Kier alpha value is -3.20. The van der Waals surface area contributed by atoms with Crippen molar-refractivity contribution in [3.63, 3.8) is 0 Å². The van der Waals surface area contributed by atoms with E-state index in [9.17, 15) is 25.0 Å². The second-order valence-corrected chi connectivity index (χ2v) is 5.29. The van der Waals surface area contributed by atoms with E-state index in [1.165, 1.54) is 18.2 Å². The van der Waals surface area contributed by atoms with Crippen LogP contribution in [0.15, 0.2) is 42.5 Å². The number of carbonyl (C=O) groups is 1. The molecule has 0 aliphatic carbocycles. The van der Waals surface area contributed by atoms with Crippen molar-refractivity contribution < 1.29 is 14.6 Å². The number of benzene rings is 2. The van der Waals surface area contributed by atoms with Gasteiger partial charge in [-0.2, -0.15) is 0 Å². The zero-order chi connectivity index (χ0) is 18.4. The van der Waals surface area contributed by atoms with E-state index in [1.807, 2.05) is 0 Å². The summed E-state index contributed by atoms with van der Waals surface area (Å²) in [4.78, 5) is 32.6. The Morgan fingerprint density at radius 3 is 2.44 bits per heavy atom. The first-order valence-corrected chi connectivity index (χ1v) is 7.47. The molecule has 25 heavy (non-hydrogen) atoms. The van der Waals surface area contributed by atoms with Gasteiger partial charge in [0.05, 0.1) is 20.4 Å². The molecule has 130 valence electrons. The molecule has 0 unspecified atom stereocenters. The predicted octanol–water partition coefficient (Wildman–Crippen LogP) is 3.00. The topological polar surface area (TPSA) is 127 Å². The Bertz CT molecular complexity index is 827. The summed E-state index contributed by atoms with van der Waals surface area (Å²) < 4.78 is 0. The summed E-state index contributed by atoms with van der Waals surface area (Å²) >= 11 is 5.89. The number of hydrogen-bond donors (Lipinski definition) is 2. The van der Waals surface area contributed by atoms with Gasteiger partial charge in [-0.15, -0.1) is 0 Å². The van der Waals surface area contributed by atoms with Crippen molar-refractivity contribution in [1.82, 2.24) is 5.32 Å². The standard InChI is InChI=1S/C15H13ClN4O5/c16-12-6-5-10(19(22)23)9-11(12)15(21)18-8-7-17-13-3-1-2-4-14(13)20(24)25/h1-6,9,17H,7-8H2,(H,18,21). The number of para-hydroxylation sites is 2. The number of anilines is 1. The molecule has 0 aromatic heterocycles. The van der Waals surface area contributed by atoms with Gasteiger partial charge in [0.25, 0.3) is 17.3 Å². The number of nitrogens with zero attached hydrogens (tertiary/aromatic N) is 2. The van der Waals surface area contributed by atoms with Gasteiger partial charge in [-0.25, -0.2) is 0 Å². The molecule has 0 radical (unpaired) electrons. The molecule has 9 nitrogen and oxygen atoms in total. The summed E-state index contributed by atoms with van der Waals surface area (Å²) in [6, 6.07) is 9.69. The number of nitrogens with one attached hydrogen (secondary N) is 2. The summed E-state index contributed by atoms with van der Waals surface area (Å²) in [5.41, 5.74) is -0.000158. The van der Waals surface area contributed by atoms with Crippen molar-refractivity contribution in [2.24, 2.45) is 0 Å². The summed E-state index contributed by atoms with van der Waals surface area (Å²) in [5.74, 6) is -0.571. The van der Waals surface area contributed by atoms with Crippen LogP contribution in [0.3, 0.4) is 0 Å². The third-order valence-corrected chi connectivity index (χ3v) is 3.56. The zero-order valence-corrected chi connectivity index (χ0v) is 13.5. The molecule has 0 atom stereocenters. The molecule has 2 aromatic rings. The molecule has 2 N–H and O–H groups in total. The number of hydrogen-bond acceptors (Lipinski definition) is 6. The molecule has 0 bridgehead atoms. The lowest BCUT2D eigenvalue weighted by molar-refractivity contribution is -0.384. The highest BCUT2D eigenvalue weighted by Crippen LogP contribution is 2.23. The fraction of sp³-hybridized carbons (Fsp3) is 0.133. The molecule has 0 heterocycles. The van der Waals surface area contributed by atoms with E-state index in [4.69, 9.17) is 11.6 Å². The number of halogens is 1. The van der Waals surface area contributed by atoms with Crippen LogP contribution in [0.2, 0.25) is 5.02 Å². The third kappa shape index (κ3) is 4.64. The second-order valence-electron chi connectivity index (χ2n) is 4.88. The van der Waals surface area contributed by atoms with Crippen LogP contribution in [-0.4, -0.2) is 28.8 Å². The van der Waals surface area contributed by atoms with Crippen LogP contribution < -0.4 is 10.6 Å². The van der Waals surface area contributed by atoms with E-state index >= 15 is 0 Å². The van der Waals surface area contributed by atoms with Gasteiger partial charge < -0.3 is 10.6 Å². The van der Waals surface area contributed by atoms with Crippen LogP contribution in [0.1, 0.15) is 10.4 Å². The Balaban J connectivity index is 1.95. The Kier molecular flexibility index (Phi) is 5.85. The number of carbonyl (C=O) groups excluding carboxylic acids is 1. The maximum absolute atomic E-state index is 12.1. The SMILES string of the molecule is O=C(NCCNc1ccccc1[N+](=O)[O-])c1cc([N+](=O)[O-])ccc1Cl. The fourth-order valence-electron chi connectivity index (χ4n) is 2.05. The molecule has 0 saturated carbocycles. The largest absolute Gasteiger partial charge is 0.378 e. The minimum absolute atomic E-state index is 0.0124. The zero-order valence-electron chi connectivity index (χ0n) is 12.8. The van der Waals surface area contributed by atoms with Crippen LogP contribution in [0, 0.1) is 20.2 Å². The van der Waals surface area contributed by atoms with Crippen molar-refractivity contribution >= 4 is 34.6 Å². The molecule has 0 spiro atoms. The lowest BCUT2D eigenvalue weighted by Crippen LogP contribution is -2.29.